The summed E-state index contributed by atoms with van der Waals surface area (Å²) < 4.78 is 15.1. The molecular formula is C22H25FN4S. The van der Waals surface area contributed by atoms with Crippen molar-refractivity contribution >= 4 is 22.6 Å². The van der Waals surface area contributed by atoms with Gasteiger partial charge in [0.2, 0.25) is 0 Å². The normalized spacial score (nSPS) is 27.1. The summed E-state index contributed by atoms with van der Waals surface area (Å²) in [4.78, 5) is 14.1. The number of piperidine rings is 1. The Labute approximate surface area is 169 Å². The second-order valence-electron chi connectivity index (χ2n) is 7.90. The maximum absolute atomic E-state index is 15.1. The molecule has 3 atom stereocenters. The maximum atomic E-state index is 15.1. The summed E-state index contributed by atoms with van der Waals surface area (Å²) in [5.74, 6) is -0.118. The van der Waals surface area contributed by atoms with Gasteiger partial charge in [0.05, 0.1) is 17.4 Å². The zero-order valence-corrected chi connectivity index (χ0v) is 16.9. The average molecular weight is 397 g/mol. The molecule has 1 aromatic carbocycles. The minimum absolute atomic E-state index is 0.00672. The first-order valence-corrected chi connectivity index (χ1v) is 11.0. The van der Waals surface area contributed by atoms with Crippen LogP contribution in [0.3, 0.4) is 0 Å². The fraction of sp³-hybridized carbons (Fsp3) is 0.455. The number of benzene rings is 1. The molecular weight excluding hydrogens is 371 g/mol. The Bertz CT molecular complexity index is 881. The van der Waals surface area contributed by atoms with E-state index < -0.39 is 0 Å². The first kappa shape index (κ1) is 18.0. The summed E-state index contributed by atoms with van der Waals surface area (Å²) in [7, 11) is 0. The molecule has 3 aliphatic heterocycles. The third-order valence-corrected chi connectivity index (χ3v) is 6.99. The number of pyridine rings is 1. The fourth-order valence-electron chi connectivity index (χ4n) is 4.58. The molecule has 0 amide bonds. The highest BCUT2D eigenvalue weighted by molar-refractivity contribution is 8.14. The van der Waals surface area contributed by atoms with E-state index in [2.05, 4.69) is 27.8 Å². The van der Waals surface area contributed by atoms with Gasteiger partial charge >= 0.3 is 0 Å². The summed E-state index contributed by atoms with van der Waals surface area (Å²) in [6.45, 7) is 5.05. The quantitative estimate of drug-likeness (QED) is 0.746. The van der Waals surface area contributed by atoms with Gasteiger partial charge in [-0.1, -0.05) is 30.8 Å². The van der Waals surface area contributed by atoms with E-state index in [0.717, 1.165) is 54.6 Å². The van der Waals surface area contributed by atoms with Gasteiger partial charge in [0, 0.05) is 31.1 Å². The number of amidine groups is 1. The highest BCUT2D eigenvalue weighted by Crippen LogP contribution is 2.47. The zero-order valence-electron chi connectivity index (χ0n) is 16.1. The van der Waals surface area contributed by atoms with Crippen molar-refractivity contribution in [3.8, 4) is 0 Å². The molecule has 2 fully saturated rings. The fourth-order valence-corrected chi connectivity index (χ4v) is 5.67. The Morgan fingerprint density at radius 3 is 2.71 bits per heavy atom. The molecule has 4 nitrogen and oxygen atoms in total. The lowest BCUT2D eigenvalue weighted by atomic mass is 9.95. The SMILES string of the molecule is C[C@H]1CN2C(=N[C@H](c3ccccn3)[C@@H]2c2ccc(N3CCCCC3)c(F)c2)S1. The van der Waals surface area contributed by atoms with E-state index in [-0.39, 0.29) is 17.9 Å². The molecule has 0 saturated carbocycles. The molecule has 5 rings (SSSR count). The van der Waals surface area contributed by atoms with Crippen LogP contribution in [0.25, 0.3) is 0 Å². The standard InChI is InChI=1S/C22H25FN4S/c1-15-14-27-21(20(25-22(27)28-15)18-7-3-4-10-24-18)16-8-9-19(17(23)13-16)26-11-5-2-6-12-26/h3-4,7-10,13,15,20-21H,2,5-6,11-12,14H2,1H3/t15-,20+,21-/m0/s1. The van der Waals surface area contributed by atoms with Gasteiger partial charge in [0.15, 0.2) is 5.17 Å². The minimum atomic E-state index is -0.118. The molecule has 0 bridgehead atoms. The number of anilines is 1. The van der Waals surface area contributed by atoms with E-state index in [1.165, 1.54) is 6.42 Å². The molecule has 0 N–H and O–H groups in total. The number of aliphatic imine (C=N–C) groups is 1. The van der Waals surface area contributed by atoms with Crippen molar-refractivity contribution in [2.75, 3.05) is 24.5 Å². The van der Waals surface area contributed by atoms with Crippen molar-refractivity contribution in [2.45, 2.75) is 43.5 Å². The van der Waals surface area contributed by atoms with Gasteiger partial charge in [-0.25, -0.2) is 4.39 Å². The number of fused-ring (bicyclic) bond motifs is 1. The minimum Gasteiger partial charge on any atom is -0.369 e. The number of rotatable bonds is 3. The van der Waals surface area contributed by atoms with Crippen LogP contribution in [0.1, 0.15) is 49.5 Å². The number of hydrogen-bond acceptors (Lipinski definition) is 5. The topological polar surface area (TPSA) is 31.7 Å². The van der Waals surface area contributed by atoms with E-state index >= 15 is 4.39 Å². The van der Waals surface area contributed by atoms with Crippen LogP contribution in [0.4, 0.5) is 10.1 Å². The Balaban J connectivity index is 1.50. The number of hydrogen-bond donors (Lipinski definition) is 0. The predicted molar refractivity (Wildman–Crippen MR) is 113 cm³/mol. The molecule has 0 radical (unpaired) electrons. The van der Waals surface area contributed by atoms with Crippen LogP contribution < -0.4 is 4.90 Å². The molecule has 146 valence electrons. The molecule has 3 aliphatic rings. The van der Waals surface area contributed by atoms with Crippen molar-refractivity contribution in [2.24, 2.45) is 4.99 Å². The molecule has 28 heavy (non-hydrogen) atoms. The molecule has 2 aromatic rings. The third-order valence-electron chi connectivity index (χ3n) is 5.89. The summed E-state index contributed by atoms with van der Waals surface area (Å²) in [6.07, 6.45) is 5.35. The summed E-state index contributed by atoms with van der Waals surface area (Å²) >= 11 is 1.81. The van der Waals surface area contributed by atoms with Gasteiger partial charge in [-0.05, 0) is 49.1 Å². The highest BCUT2D eigenvalue weighted by atomic mass is 32.2. The van der Waals surface area contributed by atoms with Crippen LogP contribution in [0.5, 0.6) is 0 Å². The third kappa shape index (κ3) is 3.17. The van der Waals surface area contributed by atoms with Gasteiger partial charge in [-0.2, -0.15) is 0 Å². The summed E-state index contributed by atoms with van der Waals surface area (Å²) in [5, 5.41) is 1.57. The van der Waals surface area contributed by atoms with E-state index in [4.69, 9.17) is 4.99 Å². The maximum Gasteiger partial charge on any atom is 0.160 e. The van der Waals surface area contributed by atoms with Crippen molar-refractivity contribution < 1.29 is 4.39 Å². The number of nitrogens with zero attached hydrogens (tertiary/aromatic N) is 4. The summed E-state index contributed by atoms with van der Waals surface area (Å²) in [6, 6.07) is 11.7. The van der Waals surface area contributed by atoms with Crippen LogP contribution in [0, 0.1) is 5.82 Å². The van der Waals surface area contributed by atoms with Gasteiger partial charge in [0.25, 0.3) is 0 Å². The zero-order chi connectivity index (χ0) is 19.1. The van der Waals surface area contributed by atoms with Crippen LogP contribution >= 0.6 is 11.8 Å². The Morgan fingerprint density at radius 1 is 1.11 bits per heavy atom. The Morgan fingerprint density at radius 2 is 1.96 bits per heavy atom. The molecule has 4 heterocycles. The van der Waals surface area contributed by atoms with Crippen LogP contribution in [-0.4, -0.2) is 39.9 Å². The number of aromatic nitrogens is 1. The molecule has 0 spiro atoms. The second kappa shape index (κ2) is 7.39. The van der Waals surface area contributed by atoms with E-state index in [1.807, 2.05) is 42.2 Å². The number of thioether (sulfide) groups is 1. The molecule has 6 heteroatoms. The van der Waals surface area contributed by atoms with Crippen molar-refractivity contribution in [3.05, 3.63) is 59.7 Å². The van der Waals surface area contributed by atoms with Crippen molar-refractivity contribution in [1.29, 1.82) is 0 Å². The average Bonchev–Trinajstić information content (AvgIpc) is 3.25. The van der Waals surface area contributed by atoms with Crippen molar-refractivity contribution in [3.63, 3.8) is 0 Å². The van der Waals surface area contributed by atoms with E-state index in [9.17, 15) is 0 Å². The molecule has 0 aliphatic carbocycles. The second-order valence-corrected chi connectivity index (χ2v) is 9.30. The monoisotopic (exact) mass is 396 g/mol. The lowest BCUT2D eigenvalue weighted by Gasteiger charge is -2.31. The van der Waals surface area contributed by atoms with Crippen molar-refractivity contribution in [1.82, 2.24) is 9.88 Å². The Hall–Kier alpha value is -2.08. The molecule has 1 aromatic heterocycles. The van der Waals surface area contributed by atoms with Gasteiger partial charge in [-0.3, -0.25) is 9.98 Å². The Kier molecular flexibility index (Phi) is 4.75. The number of halogens is 1. The van der Waals surface area contributed by atoms with Gasteiger partial charge in [-0.15, -0.1) is 0 Å². The smallest absolute Gasteiger partial charge is 0.160 e. The van der Waals surface area contributed by atoms with Crippen LogP contribution in [-0.2, 0) is 0 Å². The molecule has 2 saturated heterocycles. The molecule has 0 unspecified atom stereocenters. The highest BCUT2D eigenvalue weighted by Gasteiger charge is 2.43. The summed E-state index contributed by atoms with van der Waals surface area (Å²) in [5.41, 5.74) is 2.67. The first-order chi connectivity index (χ1) is 13.7. The first-order valence-electron chi connectivity index (χ1n) is 10.2. The van der Waals surface area contributed by atoms with E-state index in [1.54, 1.807) is 6.07 Å². The predicted octanol–water partition coefficient (Wildman–Crippen LogP) is 4.80. The largest absolute Gasteiger partial charge is 0.369 e. The van der Waals surface area contributed by atoms with Gasteiger partial charge < -0.3 is 9.80 Å². The lowest BCUT2D eigenvalue weighted by Crippen LogP contribution is -2.31. The lowest BCUT2D eigenvalue weighted by molar-refractivity contribution is 0.320. The van der Waals surface area contributed by atoms with Gasteiger partial charge in [0.1, 0.15) is 11.9 Å². The van der Waals surface area contributed by atoms with E-state index in [0.29, 0.717) is 5.25 Å². The van der Waals surface area contributed by atoms with Crippen LogP contribution in [0.2, 0.25) is 0 Å². The van der Waals surface area contributed by atoms with Crippen LogP contribution in [0.15, 0.2) is 47.6 Å².